The lowest BCUT2D eigenvalue weighted by atomic mass is 9.82. The number of hydrogen-bond donors (Lipinski definition) is 0. The Morgan fingerprint density at radius 1 is 1.20 bits per heavy atom. The van der Waals surface area contributed by atoms with E-state index in [1.807, 2.05) is 12.1 Å². The molecule has 1 saturated carbocycles. The molecule has 0 heterocycles. The molecule has 6 nitrogen and oxygen atoms in total. The van der Waals surface area contributed by atoms with Crippen LogP contribution in [0, 0.1) is 0 Å². The molecule has 20 heavy (non-hydrogen) atoms. The monoisotopic (exact) mass is 295 g/mol. The predicted molar refractivity (Wildman–Crippen MR) is 76.1 cm³/mol. The number of benzene rings is 1. The predicted octanol–water partition coefficient (Wildman–Crippen LogP) is 3.36. The summed E-state index contributed by atoms with van der Waals surface area (Å²) in [6.45, 7) is 0. The van der Waals surface area contributed by atoms with E-state index in [0.717, 1.165) is 31.9 Å². The minimum Gasteiger partial charge on any atom is -0.383 e. The Kier molecular flexibility index (Phi) is 4.52. The van der Waals surface area contributed by atoms with Crippen LogP contribution in [-0.4, -0.2) is 20.7 Å². The molecule has 0 radical (unpaired) electrons. The number of rotatable bonds is 4. The van der Waals surface area contributed by atoms with Crippen LogP contribution in [0.15, 0.2) is 29.4 Å². The van der Waals surface area contributed by atoms with Crippen LogP contribution < -0.4 is 4.18 Å². The van der Waals surface area contributed by atoms with E-state index in [9.17, 15) is 8.42 Å². The summed E-state index contributed by atoms with van der Waals surface area (Å²) in [5, 5.41) is 3.76. The summed E-state index contributed by atoms with van der Waals surface area (Å²) in [6.07, 6.45) is 4.79. The Balaban J connectivity index is 1.99. The van der Waals surface area contributed by atoms with E-state index < -0.39 is 10.1 Å². The average molecular weight is 295 g/mol. The van der Waals surface area contributed by atoms with Gasteiger partial charge in [-0.25, -0.2) is 0 Å². The molecular formula is C13H17N3O3S. The van der Waals surface area contributed by atoms with Gasteiger partial charge in [-0.05, 0) is 54.8 Å². The van der Waals surface area contributed by atoms with Gasteiger partial charge in [0.25, 0.3) is 0 Å². The normalized spacial score (nSPS) is 22.9. The molecule has 0 spiro atoms. The number of azide groups is 1. The SMILES string of the molecule is CS(=O)(=O)Oc1ccc(C2CCC(N=[N+]=[N-])CC2)cc1. The fraction of sp³-hybridized carbons (Fsp3) is 0.538. The zero-order valence-corrected chi connectivity index (χ0v) is 12.1. The highest BCUT2D eigenvalue weighted by molar-refractivity contribution is 7.86. The Morgan fingerprint density at radius 3 is 2.30 bits per heavy atom. The highest BCUT2D eigenvalue weighted by Gasteiger charge is 2.21. The molecule has 0 bridgehead atoms. The molecule has 0 saturated heterocycles. The first-order valence-corrected chi connectivity index (χ1v) is 8.33. The van der Waals surface area contributed by atoms with Gasteiger partial charge in [-0.3, -0.25) is 0 Å². The van der Waals surface area contributed by atoms with Gasteiger partial charge in [0.2, 0.25) is 0 Å². The maximum Gasteiger partial charge on any atom is 0.306 e. The van der Waals surface area contributed by atoms with E-state index in [0.29, 0.717) is 11.7 Å². The van der Waals surface area contributed by atoms with Crippen LogP contribution in [0.2, 0.25) is 0 Å². The third kappa shape index (κ3) is 4.15. The van der Waals surface area contributed by atoms with Gasteiger partial charge in [-0.1, -0.05) is 17.2 Å². The van der Waals surface area contributed by atoms with Gasteiger partial charge in [-0.15, -0.1) is 0 Å². The van der Waals surface area contributed by atoms with Crippen LogP contribution in [0.3, 0.4) is 0 Å². The van der Waals surface area contributed by atoms with Crippen molar-refractivity contribution in [2.45, 2.75) is 37.6 Å². The molecule has 1 fully saturated rings. The molecular weight excluding hydrogens is 278 g/mol. The van der Waals surface area contributed by atoms with E-state index in [2.05, 4.69) is 10.0 Å². The molecule has 1 aromatic rings. The van der Waals surface area contributed by atoms with E-state index in [-0.39, 0.29) is 6.04 Å². The summed E-state index contributed by atoms with van der Waals surface area (Å²) >= 11 is 0. The zero-order chi connectivity index (χ0) is 14.6. The van der Waals surface area contributed by atoms with Gasteiger partial charge < -0.3 is 4.18 Å². The maximum atomic E-state index is 11.0. The van der Waals surface area contributed by atoms with Crippen LogP contribution in [0.1, 0.15) is 37.2 Å². The van der Waals surface area contributed by atoms with Gasteiger partial charge in [-0.2, -0.15) is 8.42 Å². The lowest BCUT2D eigenvalue weighted by Crippen LogP contribution is -2.15. The second kappa shape index (κ2) is 6.15. The second-order valence-electron chi connectivity index (χ2n) is 5.07. The molecule has 1 aliphatic rings. The van der Waals surface area contributed by atoms with E-state index in [4.69, 9.17) is 9.71 Å². The first-order valence-electron chi connectivity index (χ1n) is 6.51. The molecule has 0 unspecified atom stereocenters. The third-order valence-electron chi connectivity index (χ3n) is 3.51. The Labute approximate surface area is 118 Å². The third-order valence-corrected chi connectivity index (χ3v) is 4.01. The van der Waals surface area contributed by atoms with Gasteiger partial charge in [0, 0.05) is 11.0 Å². The van der Waals surface area contributed by atoms with Crippen molar-refractivity contribution in [1.82, 2.24) is 0 Å². The van der Waals surface area contributed by atoms with Crippen LogP contribution in [0.4, 0.5) is 0 Å². The van der Waals surface area contributed by atoms with Crippen molar-refractivity contribution in [3.05, 3.63) is 40.3 Å². The van der Waals surface area contributed by atoms with Gasteiger partial charge >= 0.3 is 10.1 Å². The quantitative estimate of drug-likeness (QED) is 0.369. The first-order chi connectivity index (χ1) is 9.48. The van der Waals surface area contributed by atoms with E-state index in [1.54, 1.807) is 12.1 Å². The molecule has 0 N–H and O–H groups in total. The lowest BCUT2D eigenvalue weighted by molar-refractivity contribution is 0.395. The van der Waals surface area contributed by atoms with E-state index in [1.165, 1.54) is 5.56 Å². The molecule has 0 amide bonds. The Hall–Kier alpha value is -1.72. The Morgan fingerprint density at radius 2 is 1.80 bits per heavy atom. The molecule has 0 aliphatic heterocycles. The highest BCUT2D eigenvalue weighted by Crippen LogP contribution is 2.34. The van der Waals surface area contributed by atoms with E-state index >= 15 is 0 Å². The number of nitrogens with zero attached hydrogens (tertiary/aromatic N) is 3. The summed E-state index contributed by atoms with van der Waals surface area (Å²) in [4.78, 5) is 2.85. The minimum atomic E-state index is -3.47. The van der Waals surface area contributed by atoms with Gasteiger partial charge in [0.1, 0.15) is 5.75 Å². The second-order valence-corrected chi connectivity index (χ2v) is 6.64. The van der Waals surface area contributed by atoms with Crippen molar-refractivity contribution in [3.8, 4) is 5.75 Å². The van der Waals surface area contributed by atoms with Crippen molar-refractivity contribution < 1.29 is 12.6 Å². The van der Waals surface area contributed by atoms with Crippen molar-refractivity contribution in [3.63, 3.8) is 0 Å². The maximum absolute atomic E-state index is 11.0. The molecule has 1 aromatic carbocycles. The van der Waals surface area contributed by atoms with Crippen LogP contribution >= 0.6 is 0 Å². The Bertz CT molecular complexity index is 598. The van der Waals surface area contributed by atoms with Crippen molar-refractivity contribution >= 4 is 10.1 Å². The van der Waals surface area contributed by atoms with Crippen molar-refractivity contribution in [2.75, 3.05) is 6.26 Å². The average Bonchev–Trinajstić information content (AvgIpc) is 2.39. The smallest absolute Gasteiger partial charge is 0.306 e. The minimum absolute atomic E-state index is 0.115. The summed E-state index contributed by atoms with van der Waals surface area (Å²) in [6, 6.07) is 7.27. The summed E-state index contributed by atoms with van der Waals surface area (Å²) < 4.78 is 26.9. The standard InChI is InChI=1S/C13H17N3O3S/c1-20(17,18)19-13-8-4-11(5-9-13)10-2-6-12(7-3-10)15-16-14/h4-5,8-10,12H,2-3,6-7H2,1H3. The van der Waals surface area contributed by atoms with Gasteiger partial charge in [0.05, 0.1) is 6.26 Å². The summed E-state index contributed by atoms with van der Waals surface area (Å²) in [7, 11) is -3.47. The molecule has 0 atom stereocenters. The van der Waals surface area contributed by atoms with Crippen LogP contribution in [0.5, 0.6) is 5.75 Å². The molecule has 1 aliphatic carbocycles. The first kappa shape index (κ1) is 14.7. The molecule has 108 valence electrons. The fourth-order valence-electron chi connectivity index (χ4n) is 2.57. The molecule has 0 aromatic heterocycles. The topological polar surface area (TPSA) is 92.1 Å². The fourth-order valence-corrected chi connectivity index (χ4v) is 3.03. The molecule has 7 heteroatoms. The van der Waals surface area contributed by atoms with Crippen LogP contribution in [0.25, 0.3) is 10.4 Å². The van der Waals surface area contributed by atoms with Gasteiger partial charge in [0.15, 0.2) is 0 Å². The lowest BCUT2D eigenvalue weighted by Gasteiger charge is -2.26. The highest BCUT2D eigenvalue weighted by atomic mass is 32.2. The van der Waals surface area contributed by atoms with Crippen molar-refractivity contribution in [2.24, 2.45) is 5.11 Å². The molecule has 2 rings (SSSR count). The largest absolute Gasteiger partial charge is 0.383 e. The summed E-state index contributed by atoms with van der Waals surface area (Å²) in [5.41, 5.74) is 9.59. The van der Waals surface area contributed by atoms with Crippen molar-refractivity contribution in [1.29, 1.82) is 0 Å². The zero-order valence-electron chi connectivity index (χ0n) is 11.3. The number of hydrogen-bond acceptors (Lipinski definition) is 4. The van der Waals surface area contributed by atoms with Crippen LogP contribution in [-0.2, 0) is 10.1 Å². The summed E-state index contributed by atoms with van der Waals surface area (Å²) in [5.74, 6) is 0.770.